The van der Waals surface area contributed by atoms with Crippen LogP contribution in [0.15, 0.2) is 36.4 Å². The molecule has 0 fully saturated rings. The molecule has 2 rings (SSSR count). The average molecular weight is 343 g/mol. The lowest BCUT2D eigenvalue weighted by Gasteiger charge is -2.19. The molecule has 0 spiro atoms. The number of aryl methyl sites for hydroxylation is 2. The Morgan fingerprint density at radius 2 is 1.00 bits per heavy atom. The van der Waals surface area contributed by atoms with E-state index in [1.165, 1.54) is 32.9 Å². The molecular weight excluding hydrogens is 307 g/mol. The number of hydrogen-bond donors (Lipinski definition) is 0. The summed E-state index contributed by atoms with van der Waals surface area (Å²) in [5.74, 6) is 1.20. The van der Waals surface area contributed by atoms with E-state index in [4.69, 9.17) is 0 Å². The molecule has 0 N–H and O–H groups in total. The van der Waals surface area contributed by atoms with Crippen LogP contribution in [0.5, 0.6) is 0 Å². The minimum Gasteiger partial charge on any atom is -0.0683 e. The van der Waals surface area contributed by atoms with E-state index in [-0.39, 0.29) is 7.92 Å². The van der Waals surface area contributed by atoms with Crippen molar-refractivity contribution in [2.24, 2.45) is 0 Å². The topological polar surface area (TPSA) is 0 Å². The second-order valence-corrected chi connectivity index (χ2v) is 9.10. The maximum Gasteiger partial charge on any atom is -0.0195 e. The lowest BCUT2D eigenvalue weighted by molar-refractivity contribution is 0.857. The highest BCUT2D eigenvalue weighted by Crippen LogP contribution is 2.32. The number of rotatable bonds is 4. The van der Waals surface area contributed by atoms with Crippen LogP contribution in [-0.4, -0.2) is 6.66 Å². The van der Waals surface area contributed by atoms with Gasteiger partial charge in [-0.2, -0.15) is 0 Å². The first kappa shape index (κ1) is 20.9. The van der Waals surface area contributed by atoms with Crippen LogP contribution in [-0.2, 0) is 0 Å². The van der Waals surface area contributed by atoms with E-state index < -0.39 is 0 Å². The smallest absolute Gasteiger partial charge is 0.0195 e. The average Bonchev–Trinajstić information content (AvgIpc) is 2.55. The monoisotopic (exact) mass is 342 g/mol. The predicted octanol–water partition coefficient (Wildman–Crippen LogP) is 6.64. The summed E-state index contributed by atoms with van der Waals surface area (Å²) < 4.78 is 0. The van der Waals surface area contributed by atoms with Crippen molar-refractivity contribution in [3.63, 3.8) is 0 Å². The van der Waals surface area contributed by atoms with Crippen LogP contribution >= 0.6 is 7.92 Å². The summed E-state index contributed by atoms with van der Waals surface area (Å²) in [5.41, 5.74) is 5.80. The van der Waals surface area contributed by atoms with Crippen molar-refractivity contribution in [3.8, 4) is 0 Å². The van der Waals surface area contributed by atoms with Gasteiger partial charge in [-0.1, -0.05) is 77.9 Å². The van der Waals surface area contributed by atoms with Gasteiger partial charge >= 0.3 is 0 Å². The fourth-order valence-corrected chi connectivity index (χ4v) is 4.85. The first-order valence-electron chi connectivity index (χ1n) is 9.26. The summed E-state index contributed by atoms with van der Waals surface area (Å²) >= 11 is 0. The Labute approximate surface area is 151 Å². The van der Waals surface area contributed by atoms with E-state index in [1.807, 2.05) is 13.8 Å². The van der Waals surface area contributed by atoms with Crippen molar-refractivity contribution in [1.82, 2.24) is 0 Å². The summed E-state index contributed by atoms with van der Waals surface area (Å²) in [6, 6.07) is 14.1. The summed E-state index contributed by atoms with van der Waals surface area (Å²) in [7, 11) is -0.267. The third kappa shape index (κ3) is 4.93. The van der Waals surface area contributed by atoms with Crippen LogP contribution < -0.4 is 10.6 Å². The Bertz CT molecular complexity index is 596. The maximum absolute atomic E-state index is 2.40. The number of benzene rings is 2. The first-order chi connectivity index (χ1) is 11.3. The van der Waals surface area contributed by atoms with Crippen molar-refractivity contribution in [2.75, 3.05) is 6.66 Å². The Morgan fingerprint density at radius 1 is 0.667 bits per heavy atom. The molecule has 0 heterocycles. The standard InChI is InChI=1S/C21H29P.C2H6/c1-14(2)20-10-8-18(12-16(20)5)22(7)19-9-11-21(15(3)4)17(6)13-19;1-2/h8-15H,1-7H3;1-2H3. The Hall–Kier alpha value is -1.13. The predicted molar refractivity (Wildman–Crippen MR) is 114 cm³/mol. The zero-order valence-corrected chi connectivity index (χ0v) is 18.0. The van der Waals surface area contributed by atoms with Crippen LogP contribution in [0.1, 0.15) is 75.6 Å². The molecular formula is C23H35P. The van der Waals surface area contributed by atoms with Crippen LogP contribution in [0.4, 0.5) is 0 Å². The largest absolute Gasteiger partial charge is 0.0683 e. The van der Waals surface area contributed by atoms with Gasteiger partial charge in [0.15, 0.2) is 0 Å². The molecule has 24 heavy (non-hydrogen) atoms. The first-order valence-corrected chi connectivity index (χ1v) is 11.0. The van der Waals surface area contributed by atoms with Crippen LogP contribution in [0.2, 0.25) is 0 Å². The molecule has 0 amide bonds. The summed E-state index contributed by atoms with van der Waals surface area (Å²) in [6.45, 7) is 19.9. The van der Waals surface area contributed by atoms with Gasteiger partial charge in [0.2, 0.25) is 0 Å². The minimum atomic E-state index is -0.267. The van der Waals surface area contributed by atoms with Crippen LogP contribution in [0.25, 0.3) is 0 Å². The Morgan fingerprint density at radius 3 is 1.25 bits per heavy atom. The lowest BCUT2D eigenvalue weighted by atomic mass is 9.98. The van der Waals surface area contributed by atoms with E-state index in [0.717, 1.165) is 0 Å². The van der Waals surface area contributed by atoms with E-state index in [0.29, 0.717) is 11.8 Å². The highest BCUT2D eigenvalue weighted by Gasteiger charge is 2.12. The fraction of sp³-hybridized carbons (Fsp3) is 0.478. The highest BCUT2D eigenvalue weighted by molar-refractivity contribution is 7.72. The van der Waals surface area contributed by atoms with Crippen LogP contribution in [0.3, 0.4) is 0 Å². The molecule has 0 aromatic heterocycles. The molecule has 0 bridgehead atoms. The van der Waals surface area contributed by atoms with Gasteiger partial charge in [-0.05, 0) is 73.1 Å². The van der Waals surface area contributed by atoms with E-state index in [1.54, 1.807) is 0 Å². The van der Waals surface area contributed by atoms with Crippen molar-refractivity contribution < 1.29 is 0 Å². The fourth-order valence-electron chi connectivity index (χ4n) is 3.18. The molecule has 132 valence electrons. The van der Waals surface area contributed by atoms with E-state index in [2.05, 4.69) is 84.6 Å². The van der Waals surface area contributed by atoms with Gasteiger partial charge < -0.3 is 0 Å². The van der Waals surface area contributed by atoms with Crippen molar-refractivity contribution in [3.05, 3.63) is 58.7 Å². The molecule has 0 aliphatic heterocycles. The Balaban J connectivity index is 0.00000139. The van der Waals surface area contributed by atoms with Gasteiger partial charge in [0.05, 0.1) is 0 Å². The molecule has 0 radical (unpaired) electrons. The second kappa shape index (κ2) is 9.38. The minimum absolute atomic E-state index is 0.267. The van der Waals surface area contributed by atoms with Gasteiger partial charge in [-0.25, -0.2) is 0 Å². The molecule has 0 unspecified atom stereocenters. The number of hydrogen-bond acceptors (Lipinski definition) is 0. The molecule has 0 saturated carbocycles. The van der Waals surface area contributed by atoms with Gasteiger partial charge in [0, 0.05) is 0 Å². The van der Waals surface area contributed by atoms with Crippen LogP contribution in [0, 0.1) is 13.8 Å². The molecule has 1 heteroatoms. The van der Waals surface area contributed by atoms with Crippen molar-refractivity contribution in [1.29, 1.82) is 0 Å². The lowest BCUT2D eigenvalue weighted by Crippen LogP contribution is -2.13. The second-order valence-electron chi connectivity index (χ2n) is 6.95. The molecule has 0 saturated heterocycles. The quantitative estimate of drug-likeness (QED) is 0.546. The molecule has 0 atom stereocenters. The van der Waals surface area contributed by atoms with E-state index in [9.17, 15) is 0 Å². The normalized spacial score (nSPS) is 11.0. The third-order valence-electron chi connectivity index (χ3n) is 4.53. The maximum atomic E-state index is 2.40. The zero-order chi connectivity index (χ0) is 18.4. The zero-order valence-electron chi connectivity index (χ0n) is 17.1. The summed E-state index contributed by atoms with van der Waals surface area (Å²) in [4.78, 5) is 0. The van der Waals surface area contributed by atoms with Gasteiger partial charge in [0.1, 0.15) is 0 Å². The van der Waals surface area contributed by atoms with Crippen molar-refractivity contribution in [2.45, 2.75) is 67.2 Å². The Kier molecular flexibility index (Phi) is 8.17. The molecule has 2 aromatic rings. The van der Waals surface area contributed by atoms with Crippen molar-refractivity contribution >= 4 is 18.5 Å². The van der Waals surface area contributed by atoms with Gasteiger partial charge in [-0.3, -0.25) is 0 Å². The van der Waals surface area contributed by atoms with Gasteiger partial charge in [0.25, 0.3) is 0 Å². The third-order valence-corrected chi connectivity index (χ3v) is 6.63. The molecule has 2 aromatic carbocycles. The summed E-state index contributed by atoms with van der Waals surface area (Å²) in [6.07, 6.45) is 0. The SMILES string of the molecule is CC.Cc1cc(P(C)c2ccc(C(C)C)c(C)c2)ccc1C(C)C. The molecule has 0 aliphatic rings. The van der Waals surface area contributed by atoms with E-state index >= 15 is 0 Å². The van der Waals surface area contributed by atoms with Gasteiger partial charge in [-0.15, -0.1) is 0 Å². The molecule has 0 aliphatic carbocycles. The summed E-state index contributed by atoms with van der Waals surface area (Å²) in [5, 5.41) is 2.96. The highest BCUT2D eigenvalue weighted by atomic mass is 31.1. The molecule has 0 nitrogen and oxygen atoms in total.